The van der Waals surface area contributed by atoms with Crippen LogP contribution in [0, 0.1) is 0 Å². The molecule has 0 fully saturated rings. The molecule has 0 bridgehead atoms. The van der Waals surface area contributed by atoms with Crippen LogP contribution in [0.15, 0.2) is 0 Å². The van der Waals surface area contributed by atoms with Crippen molar-refractivity contribution in [3.63, 3.8) is 0 Å². The van der Waals surface area contributed by atoms with E-state index in [1.807, 2.05) is 0 Å². The lowest BCUT2D eigenvalue weighted by Gasteiger charge is -2.08. The van der Waals surface area contributed by atoms with E-state index in [9.17, 15) is 9.59 Å². The molecule has 0 unspecified atom stereocenters. The molecule has 37 heavy (non-hydrogen) atoms. The molecule has 0 aromatic heterocycles. The molecule has 0 aliphatic carbocycles. The average Bonchev–Trinajstić information content (AvgIpc) is 2.89. The largest absolute Gasteiger partial charge is 0.463 e. The van der Waals surface area contributed by atoms with Crippen LogP contribution in [-0.2, 0) is 33.3 Å². The highest BCUT2D eigenvalue weighted by Crippen LogP contribution is 2.13. The highest BCUT2D eigenvalue weighted by atomic mass is 16.6. The van der Waals surface area contributed by atoms with Crippen molar-refractivity contribution in [2.45, 2.75) is 129 Å². The summed E-state index contributed by atoms with van der Waals surface area (Å²) >= 11 is 0. The van der Waals surface area contributed by atoms with Crippen LogP contribution in [0.5, 0.6) is 0 Å². The van der Waals surface area contributed by atoms with Crippen LogP contribution in [0.1, 0.15) is 129 Å². The fourth-order valence-corrected chi connectivity index (χ4v) is 3.92. The van der Waals surface area contributed by atoms with Crippen molar-refractivity contribution in [2.24, 2.45) is 0 Å². The minimum Gasteiger partial charge on any atom is -0.463 e. The Hall–Kier alpha value is -1.18. The lowest BCUT2D eigenvalue weighted by molar-refractivity contribution is -0.146. The summed E-state index contributed by atoms with van der Waals surface area (Å²) in [6.45, 7) is 7.52. The standard InChI is InChI=1S/C30H58O7/c1-3-5-7-8-9-10-11-12-13-14-15-16-18-20-30(32)37-28-26-35-24-22-33-21-23-34-25-27-36-29(31)19-17-6-4-2/h3-28H2,1-2H3. The number of ether oxygens (including phenoxy) is 5. The van der Waals surface area contributed by atoms with Gasteiger partial charge in [-0.2, -0.15) is 0 Å². The summed E-state index contributed by atoms with van der Waals surface area (Å²) in [6, 6.07) is 0. The van der Waals surface area contributed by atoms with Gasteiger partial charge in [0.05, 0.1) is 39.6 Å². The Labute approximate surface area is 227 Å². The van der Waals surface area contributed by atoms with Gasteiger partial charge in [0, 0.05) is 12.8 Å². The summed E-state index contributed by atoms with van der Waals surface area (Å²) in [5.41, 5.74) is 0. The maximum Gasteiger partial charge on any atom is 0.305 e. The van der Waals surface area contributed by atoms with Gasteiger partial charge in [-0.25, -0.2) is 0 Å². The van der Waals surface area contributed by atoms with Crippen molar-refractivity contribution in [3.05, 3.63) is 0 Å². The van der Waals surface area contributed by atoms with E-state index < -0.39 is 0 Å². The van der Waals surface area contributed by atoms with Crippen LogP contribution < -0.4 is 0 Å². The second kappa shape index (κ2) is 31.0. The monoisotopic (exact) mass is 530 g/mol. The number of hydrogen-bond acceptors (Lipinski definition) is 7. The molecular weight excluding hydrogens is 472 g/mol. The van der Waals surface area contributed by atoms with Crippen molar-refractivity contribution in [2.75, 3.05) is 52.9 Å². The zero-order valence-electron chi connectivity index (χ0n) is 24.2. The van der Waals surface area contributed by atoms with Crippen molar-refractivity contribution in [3.8, 4) is 0 Å². The lowest BCUT2D eigenvalue weighted by Crippen LogP contribution is -2.15. The number of esters is 2. The summed E-state index contributed by atoms with van der Waals surface area (Å²) < 4.78 is 26.5. The van der Waals surface area contributed by atoms with E-state index >= 15 is 0 Å². The Bertz CT molecular complexity index is 485. The van der Waals surface area contributed by atoms with Crippen LogP contribution in [0.2, 0.25) is 0 Å². The van der Waals surface area contributed by atoms with Gasteiger partial charge in [-0.05, 0) is 12.8 Å². The average molecular weight is 531 g/mol. The van der Waals surface area contributed by atoms with Crippen LogP contribution in [0.25, 0.3) is 0 Å². The molecule has 0 saturated carbocycles. The molecule has 0 radical (unpaired) electrons. The van der Waals surface area contributed by atoms with Crippen molar-refractivity contribution in [1.82, 2.24) is 0 Å². The van der Waals surface area contributed by atoms with Crippen LogP contribution in [0.4, 0.5) is 0 Å². The molecule has 0 rings (SSSR count). The van der Waals surface area contributed by atoms with Gasteiger partial charge >= 0.3 is 11.9 Å². The maximum absolute atomic E-state index is 11.8. The number of carbonyl (C=O) groups excluding carboxylic acids is 2. The number of carbonyl (C=O) groups is 2. The van der Waals surface area contributed by atoms with Gasteiger partial charge in [0.1, 0.15) is 13.2 Å². The molecule has 0 spiro atoms. The SMILES string of the molecule is CCCCCCCCCCCCCCCC(=O)OCCOCCOCCOCCOC(=O)CCCCC. The Kier molecular flexibility index (Phi) is 30.1. The third kappa shape index (κ3) is 30.9. The van der Waals surface area contributed by atoms with E-state index in [1.165, 1.54) is 70.6 Å². The zero-order chi connectivity index (χ0) is 27.1. The molecule has 0 amide bonds. The highest BCUT2D eigenvalue weighted by molar-refractivity contribution is 5.69. The maximum atomic E-state index is 11.8. The summed E-state index contributed by atoms with van der Waals surface area (Å²) in [5, 5.41) is 0. The van der Waals surface area contributed by atoms with E-state index in [2.05, 4.69) is 13.8 Å². The molecule has 0 atom stereocenters. The molecule has 0 aromatic rings. The summed E-state index contributed by atoms with van der Waals surface area (Å²) in [4.78, 5) is 23.2. The Morgan fingerprint density at radius 3 is 1.03 bits per heavy atom. The highest BCUT2D eigenvalue weighted by Gasteiger charge is 2.03. The molecule has 0 aliphatic heterocycles. The summed E-state index contributed by atoms with van der Waals surface area (Å²) in [7, 11) is 0. The smallest absolute Gasteiger partial charge is 0.305 e. The summed E-state index contributed by atoms with van der Waals surface area (Å²) in [5.74, 6) is -0.289. The third-order valence-corrected chi connectivity index (χ3v) is 6.19. The molecule has 0 aliphatic rings. The number of unbranched alkanes of at least 4 members (excludes halogenated alkanes) is 14. The fourth-order valence-electron chi connectivity index (χ4n) is 3.92. The van der Waals surface area contributed by atoms with Gasteiger partial charge in [0.2, 0.25) is 0 Å². The van der Waals surface area contributed by atoms with Gasteiger partial charge in [-0.1, -0.05) is 104 Å². The van der Waals surface area contributed by atoms with Gasteiger partial charge in [0.25, 0.3) is 0 Å². The van der Waals surface area contributed by atoms with E-state index in [4.69, 9.17) is 23.7 Å². The quantitative estimate of drug-likeness (QED) is 0.0718. The van der Waals surface area contributed by atoms with E-state index in [0.29, 0.717) is 52.5 Å². The van der Waals surface area contributed by atoms with E-state index in [-0.39, 0.29) is 25.2 Å². The second-order valence-electron chi connectivity index (χ2n) is 9.73. The Balaban J connectivity index is 3.19. The fraction of sp³-hybridized carbons (Fsp3) is 0.933. The first-order chi connectivity index (χ1) is 18.2. The molecule has 0 saturated heterocycles. The first-order valence-corrected chi connectivity index (χ1v) is 15.2. The third-order valence-electron chi connectivity index (χ3n) is 6.19. The second-order valence-corrected chi connectivity index (χ2v) is 9.73. The zero-order valence-corrected chi connectivity index (χ0v) is 24.2. The summed E-state index contributed by atoms with van der Waals surface area (Å²) in [6.07, 6.45) is 20.9. The van der Waals surface area contributed by atoms with Gasteiger partial charge in [-0.15, -0.1) is 0 Å². The molecule has 0 N–H and O–H groups in total. The normalized spacial score (nSPS) is 11.1. The minimum absolute atomic E-state index is 0.133. The molecule has 7 heteroatoms. The molecule has 0 aromatic carbocycles. The number of rotatable bonds is 30. The first-order valence-electron chi connectivity index (χ1n) is 15.2. The molecule has 7 nitrogen and oxygen atoms in total. The van der Waals surface area contributed by atoms with Gasteiger partial charge in [0.15, 0.2) is 0 Å². The Morgan fingerprint density at radius 1 is 0.378 bits per heavy atom. The van der Waals surface area contributed by atoms with Gasteiger partial charge < -0.3 is 23.7 Å². The number of hydrogen-bond donors (Lipinski definition) is 0. The predicted octanol–water partition coefficient (Wildman–Crippen LogP) is 7.18. The van der Waals surface area contributed by atoms with Crippen LogP contribution in [-0.4, -0.2) is 64.8 Å². The van der Waals surface area contributed by atoms with Crippen molar-refractivity contribution < 1.29 is 33.3 Å². The van der Waals surface area contributed by atoms with Crippen LogP contribution >= 0.6 is 0 Å². The van der Waals surface area contributed by atoms with E-state index in [1.54, 1.807) is 0 Å². The van der Waals surface area contributed by atoms with Crippen LogP contribution in [0.3, 0.4) is 0 Å². The lowest BCUT2D eigenvalue weighted by atomic mass is 10.0. The molecule has 220 valence electrons. The van der Waals surface area contributed by atoms with Crippen molar-refractivity contribution >= 4 is 11.9 Å². The van der Waals surface area contributed by atoms with Gasteiger partial charge in [-0.3, -0.25) is 9.59 Å². The predicted molar refractivity (Wildman–Crippen MR) is 149 cm³/mol. The Morgan fingerprint density at radius 2 is 0.649 bits per heavy atom. The molecular formula is C30H58O7. The molecule has 0 heterocycles. The topological polar surface area (TPSA) is 80.3 Å². The van der Waals surface area contributed by atoms with Crippen molar-refractivity contribution in [1.29, 1.82) is 0 Å². The first kappa shape index (κ1) is 35.8. The van der Waals surface area contributed by atoms with E-state index in [0.717, 1.165) is 32.1 Å². The minimum atomic E-state index is -0.157.